The Balaban J connectivity index is 2.53. The molecule has 96 valence electrons. The maximum atomic E-state index is 11.4. The van der Waals surface area contributed by atoms with Gasteiger partial charge in [0.1, 0.15) is 17.9 Å². The van der Waals surface area contributed by atoms with E-state index in [9.17, 15) is 4.79 Å². The van der Waals surface area contributed by atoms with Crippen LogP contribution in [0.2, 0.25) is 0 Å². The van der Waals surface area contributed by atoms with Crippen LogP contribution in [-0.4, -0.2) is 33.5 Å². The lowest BCUT2D eigenvalue weighted by Gasteiger charge is -2.06. The number of hydrogen-bond donors (Lipinski definition) is 0. The van der Waals surface area contributed by atoms with Crippen molar-refractivity contribution in [3.05, 3.63) is 23.7 Å². The van der Waals surface area contributed by atoms with Crippen LogP contribution in [0.25, 0.3) is 11.2 Å². The first-order valence-electron chi connectivity index (χ1n) is 5.61. The Bertz CT molecular complexity index is 580. The summed E-state index contributed by atoms with van der Waals surface area (Å²) in [6.45, 7) is 2.01. The second-order valence-corrected chi connectivity index (χ2v) is 4.30. The fourth-order valence-electron chi connectivity index (χ4n) is 1.78. The van der Waals surface area contributed by atoms with Crippen molar-refractivity contribution in [1.29, 1.82) is 0 Å². The van der Waals surface area contributed by atoms with Gasteiger partial charge in [0, 0.05) is 18.0 Å². The van der Waals surface area contributed by atoms with E-state index in [0.717, 1.165) is 17.0 Å². The largest absolute Gasteiger partial charge is 0.468 e. The molecule has 0 aliphatic heterocycles. The van der Waals surface area contributed by atoms with Crippen molar-refractivity contribution >= 4 is 28.7 Å². The van der Waals surface area contributed by atoms with E-state index < -0.39 is 0 Å². The van der Waals surface area contributed by atoms with E-state index >= 15 is 0 Å². The van der Waals surface area contributed by atoms with Gasteiger partial charge < -0.3 is 9.30 Å². The molecule has 0 amide bonds. The SMILES string of the molecule is COC(=O)Cn1c(CCCl)nc2ccc(C)nc21. The standard InChI is InChI=1S/C12H14ClN3O2/c1-8-3-4-9-12(14-8)16(7-11(17)18-2)10(15-9)5-6-13/h3-4H,5-7H2,1-2H3. The zero-order valence-electron chi connectivity index (χ0n) is 10.3. The fourth-order valence-corrected chi connectivity index (χ4v) is 1.95. The van der Waals surface area contributed by atoms with Crippen LogP contribution in [0, 0.1) is 6.92 Å². The number of alkyl halides is 1. The highest BCUT2D eigenvalue weighted by molar-refractivity contribution is 6.17. The third-order valence-corrected chi connectivity index (χ3v) is 2.83. The molecule has 0 radical (unpaired) electrons. The number of aromatic nitrogens is 3. The minimum absolute atomic E-state index is 0.107. The number of aryl methyl sites for hydroxylation is 2. The highest BCUT2D eigenvalue weighted by atomic mass is 35.5. The van der Waals surface area contributed by atoms with E-state index in [1.165, 1.54) is 7.11 Å². The molecule has 0 N–H and O–H groups in total. The van der Waals surface area contributed by atoms with E-state index in [0.29, 0.717) is 17.9 Å². The molecular weight excluding hydrogens is 254 g/mol. The number of hydrogen-bond acceptors (Lipinski definition) is 4. The molecule has 2 aromatic rings. The Morgan fingerprint density at radius 1 is 1.44 bits per heavy atom. The molecule has 0 fully saturated rings. The van der Waals surface area contributed by atoms with Gasteiger partial charge in [-0.2, -0.15) is 0 Å². The van der Waals surface area contributed by atoms with Crippen LogP contribution in [0.5, 0.6) is 0 Å². The van der Waals surface area contributed by atoms with E-state index in [2.05, 4.69) is 14.7 Å². The summed E-state index contributed by atoms with van der Waals surface area (Å²) in [6, 6.07) is 3.78. The van der Waals surface area contributed by atoms with Crippen molar-refractivity contribution < 1.29 is 9.53 Å². The molecule has 18 heavy (non-hydrogen) atoms. The predicted octanol–water partition coefficient (Wildman–Crippen LogP) is 1.69. The minimum Gasteiger partial charge on any atom is -0.468 e. The van der Waals surface area contributed by atoms with Crippen molar-refractivity contribution in [2.24, 2.45) is 0 Å². The number of ether oxygens (including phenoxy) is 1. The van der Waals surface area contributed by atoms with Gasteiger partial charge in [-0.3, -0.25) is 4.79 Å². The molecule has 5 nitrogen and oxygen atoms in total. The number of rotatable bonds is 4. The summed E-state index contributed by atoms with van der Waals surface area (Å²) in [5.41, 5.74) is 2.34. The quantitative estimate of drug-likeness (QED) is 0.625. The van der Waals surface area contributed by atoms with Gasteiger partial charge in [-0.1, -0.05) is 0 Å². The molecule has 0 bridgehead atoms. The minimum atomic E-state index is -0.326. The molecule has 0 saturated carbocycles. The molecule has 0 aliphatic carbocycles. The van der Waals surface area contributed by atoms with Crippen LogP contribution in [0.1, 0.15) is 11.5 Å². The number of carbonyl (C=O) groups excluding carboxylic acids is 1. The van der Waals surface area contributed by atoms with Gasteiger partial charge in [0.25, 0.3) is 0 Å². The van der Waals surface area contributed by atoms with Crippen molar-refractivity contribution in [2.75, 3.05) is 13.0 Å². The lowest BCUT2D eigenvalue weighted by atomic mass is 10.3. The van der Waals surface area contributed by atoms with E-state index in [1.807, 2.05) is 19.1 Å². The summed E-state index contributed by atoms with van der Waals surface area (Å²) < 4.78 is 6.45. The zero-order chi connectivity index (χ0) is 13.1. The molecule has 0 unspecified atom stereocenters. The normalized spacial score (nSPS) is 10.8. The summed E-state index contributed by atoms with van der Waals surface area (Å²) in [7, 11) is 1.36. The Morgan fingerprint density at radius 2 is 2.22 bits per heavy atom. The molecule has 0 aromatic carbocycles. The van der Waals surface area contributed by atoms with Crippen molar-refractivity contribution in [3.63, 3.8) is 0 Å². The fraction of sp³-hybridized carbons (Fsp3) is 0.417. The van der Waals surface area contributed by atoms with Gasteiger partial charge in [-0.15, -0.1) is 11.6 Å². The summed E-state index contributed by atoms with van der Waals surface area (Å²) in [4.78, 5) is 20.3. The van der Waals surface area contributed by atoms with Crippen LogP contribution < -0.4 is 0 Å². The van der Waals surface area contributed by atoms with Gasteiger partial charge in [0.15, 0.2) is 5.65 Å². The first-order valence-corrected chi connectivity index (χ1v) is 6.14. The lowest BCUT2D eigenvalue weighted by Crippen LogP contribution is -2.15. The first-order chi connectivity index (χ1) is 8.65. The summed E-state index contributed by atoms with van der Waals surface area (Å²) in [5.74, 6) is 0.876. The number of nitrogens with zero attached hydrogens (tertiary/aromatic N) is 3. The molecule has 0 spiro atoms. The van der Waals surface area contributed by atoms with Crippen LogP contribution >= 0.6 is 11.6 Å². The molecular formula is C12H14ClN3O2. The smallest absolute Gasteiger partial charge is 0.325 e. The predicted molar refractivity (Wildman–Crippen MR) is 68.7 cm³/mol. The van der Waals surface area contributed by atoms with Crippen molar-refractivity contribution in [3.8, 4) is 0 Å². The van der Waals surface area contributed by atoms with Gasteiger partial charge in [0.2, 0.25) is 0 Å². The number of esters is 1. The van der Waals surface area contributed by atoms with Crippen LogP contribution in [0.4, 0.5) is 0 Å². The van der Waals surface area contributed by atoms with Gasteiger partial charge in [-0.25, -0.2) is 9.97 Å². The Hall–Kier alpha value is -1.62. The number of fused-ring (bicyclic) bond motifs is 1. The molecule has 6 heteroatoms. The van der Waals surface area contributed by atoms with Gasteiger partial charge in [0.05, 0.1) is 7.11 Å². The average molecular weight is 268 g/mol. The van der Waals surface area contributed by atoms with E-state index in [4.69, 9.17) is 11.6 Å². The summed E-state index contributed by atoms with van der Waals surface area (Å²) in [5, 5.41) is 0. The Kier molecular flexibility index (Phi) is 3.81. The maximum absolute atomic E-state index is 11.4. The molecule has 2 heterocycles. The number of pyridine rings is 1. The van der Waals surface area contributed by atoms with Gasteiger partial charge in [-0.05, 0) is 19.1 Å². The van der Waals surface area contributed by atoms with E-state index in [-0.39, 0.29) is 12.5 Å². The monoisotopic (exact) mass is 267 g/mol. The Labute approximate surface area is 110 Å². The van der Waals surface area contributed by atoms with E-state index in [1.54, 1.807) is 4.57 Å². The van der Waals surface area contributed by atoms with Crippen LogP contribution in [0.15, 0.2) is 12.1 Å². The molecule has 0 atom stereocenters. The third kappa shape index (κ3) is 2.46. The second kappa shape index (κ2) is 5.35. The van der Waals surface area contributed by atoms with Crippen molar-refractivity contribution in [1.82, 2.24) is 14.5 Å². The Morgan fingerprint density at radius 3 is 2.89 bits per heavy atom. The summed E-state index contributed by atoms with van der Waals surface area (Å²) in [6.07, 6.45) is 0.591. The number of halogens is 1. The van der Waals surface area contributed by atoms with Crippen LogP contribution in [0.3, 0.4) is 0 Å². The highest BCUT2D eigenvalue weighted by Crippen LogP contribution is 2.16. The second-order valence-electron chi connectivity index (χ2n) is 3.92. The molecule has 2 rings (SSSR count). The van der Waals surface area contributed by atoms with Crippen molar-refractivity contribution in [2.45, 2.75) is 19.9 Å². The maximum Gasteiger partial charge on any atom is 0.325 e. The lowest BCUT2D eigenvalue weighted by molar-refractivity contribution is -0.141. The van der Waals surface area contributed by atoms with Gasteiger partial charge >= 0.3 is 5.97 Å². The average Bonchev–Trinajstić information content (AvgIpc) is 2.68. The number of methoxy groups -OCH3 is 1. The number of carbonyl (C=O) groups is 1. The molecule has 2 aromatic heterocycles. The number of imidazole rings is 1. The summed E-state index contributed by atoms with van der Waals surface area (Å²) >= 11 is 5.75. The van der Waals surface area contributed by atoms with Crippen LogP contribution in [-0.2, 0) is 22.5 Å². The first kappa shape index (κ1) is 12.8. The molecule has 0 saturated heterocycles. The molecule has 0 aliphatic rings. The zero-order valence-corrected chi connectivity index (χ0v) is 11.1. The topological polar surface area (TPSA) is 57.0 Å². The third-order valence-electron chi connectivity index (χ3n) is 2.64. The highest BCUT2D eigenvalue weighted by Gasteiger charge is 2.14.